The molecule has 0 bridgehead atoms. The van der Waals surface area contributed by atoms with Crippen LogP contribution in [0.15, 0.2) is 53.4 Å². The molecule has 1 unspecified atom stereocenters. The van der Waals surface area contributed by atoms with Crippen molar-refractivity contribution in [2.24, 2.45) is 5.14 Å². The van der Waals surface area contributed by atoms with Gasteiger partial charge in [0.2, 0.25) is 10.0 Å². The molecular weight excluding hydrogens is 288 g/mol. The van der Waals surface area contributed by atoms with Gasteiger partial charge in [0.05, 0.1) is 11.5 Å². The highest BCUT2D eigenvalue weighted by atomic mass is 32.2. The largest absolute Gasteiger partial charge is 0.392 e. The molecule has 21 heavy (non-hydrogen) atoms. The summed E-state index contributed by atoms with van der Waals surface area (Å²) in [6.07, 6.45) is 0. The maximum atomic E-state index is 11.4. The van der Waals surface area contributed by atoms with E-state index in [1.165, 1.54) is 6.07 Å². The van der Waals surface area contributed by atoms with Crippen LogP contribution in [0.5, 0.6) is 0 Å². The Hall–Kier alpha value is -1.89. The molecule has 2 rings (SSSR count). The van der Waals surface area contributed by atoms with Crippen molar-refractivity contribution < 1.29 is 13.5 Å². The lowest BCUT2D eigenvalue weighted by atomic mass is 10.1. The normalized spacial score (nSPS) is 12.9. The average molecular weight is 306 g/mol. The summed E-state index contributed by atoms with van der Waals surface area (Å²) < 4.78 is 22.8. The first-order valence-electron chi connectivity index (χ1n) is 6.50. The van der Waals surface area contributed by atoms with Gasteiger partial charge in [0.1, 0.15) is 0 Å². The maximum Gasteiger partial charge on any atom is 0.238 e. The van der Waals surface area contributed by atoms with E-state index in [9.17, 15) is 13.5 Å². The van der Waals surface area contributed by atoms with Gasteiger partial charge in [-0.1, -0.05) is 30.3 Å². The van der Waals surface area contributed by atoms with Crippen LogP contribution in [0.2, 0.25) is 0 Å². The fourth-order valence-corrected chi connectivity index (χ4v) is 2.65. The van der Waals surface area contributed by atoms with E-state index >= 15 is 0 Å². The van der Waals surface area contributed by atoms with Gasteiger partial charge < -0.3 is 10.4 Å². The van der Waals surface area contributed by atoms with Crippen molar-refractivity contribution in [3.05, 3.63) is 59.7 Å². The first kappa shape index (κ1) is 15.5. The van der Waals surface area contributed by atoms with Crippen LogP contribution in [0.25, 0.3) is 0 Å². The molecule has 0 aliphatic rings. The third kappa shape index (κ3) is 3.81. The van der Waals surface area contributed by atoms with Crippen LogP contribution in [-0.4, -0.2) is 13.5 Å². The number of nitrogens with one attached hydrogen (secondary N) is 1. The second-order valence-corrected chi connectivity index (χ2v) is 6.36. The molecule has 5 nitrogen and oxygen atoms in total. The van der Waals surface area contributed by atoms with E-state index < -0.39 is 10.0 Å². The minimum Gasteiger partial charge on any atom is -0.392 e. The number of hydrogen-bond acceptors (Lipinski definition) is 4. The lowest BCUT2D eigenvalue weighted by Gasteiger charge is -2.18. The number of aliphatic hydroxyl groups excluding tert-OH is 1. The van der Waals surface area contributed by atoms with Crippen LogP contribution in [0.1, 0.15) is 24.1 Å². The van der Waals surface area contributed by atoms with Crippen LogP contribution in [0.3, 0.4) is 0 Å². The zero-order chi connectivity index (χ0) is 15.5. The van der Waals surface area contributed by atoms with Crippen molar-refractivity contribution >= 4 is 15.7 Å². The van der Waals surface area contributed by atoms with E-state index in [1.807, 2.05) is 37.3 Å². The van der Waals surface area contributed by atoms with Crippen molar-refractivity contribution in [1.29, 1.82) is 0 Å². The van der Waals surface area contributed by atoms with E-state index in [-0.39, 0.29) is 17.5 Å². The molecule has 0 fully saturated rings. The molecule has 0 amide bonds. The molecule has 2 aromatic carbocycles. The van der Waals surface area contributed by atoms with E-state index in [2.05, 4.69) is 5.32 Å². The fourth-order valence-electron chi connectivity index (χ4n) is 2.08. The Labute approximate surface area is 124 Å². The van der Waals surface area contributed by atoms with E-state index in [1.54, 1.807) is 12.1 Å². The minimum absolute atomic E-state index is 0.0624. The summed E-state index contributed by atoms with van der Waals surface area (Å²) in [6.45, 7) is 1.85. The van der Waals surface area contributed by atoms with Crippen molar-refractivity contribution in [2.75, 3.05) is 5.32 Å². The molecule has 0 aliphatic heterocycles. The molecule has 6 heteroatoms. The topological polar surface area (TPSA) is 92.4 Å². The molecule has 0 aromatic heterocycles. The minimum atomic E-state index is -3.71. The third-order valence-electron chi connectivity index (χ3n) is 3.25. The number of aliphatic hydroxyl groups is 1. The van der Waals surface area contributed by atoms with E-state index in [4.69, 9.17) is 5.14 Å². The van der Waals surface area contributed by atoms with Gasteiger partial charge in [-0.05, 0) is 30.7 Å². The maximum absolute atomic E-state index is 11.4. The molecular formula is C15H18N2O3S. The Kier molecular flexibility index (Phi) is 4.62. The average Bonchev–Trinajstić information content (AvgIpc) is 2.47. The zero-order valence-corrected chi connectivity index (χ0v) is 12.5. The number of benzene rings is 2. The molecule has 2 aromatic rings. The first-order chi connectivity index (χ1) is 9.91. The van der Waals surface area contributed by atoms with Gasteiger partial charge in [0.15, 0.2) is 0 Å². The molecule has 0 aliphatic carbocycles. The van der Waals surface area contributed by atoms with Gasteiger partial charge in [0.25, 0.3) is 0 Å². The molecule has 0 saturated carbocycles. The second kappa shape index (κ2) is 6.26. The summed E-state index contributed by atoms with van der Waals surface area (Å²) in [5.41, 5.74) is 2.40. The summed E-state index contributed by atoms with van der Waals surface area (Å²) in [5.74, 6) is 0. The summed E-state index contributed by atoms with van der Waals surface area (Å²) in [7, 11) is -3.71. The van der Waals surface area contributed by atoms with Crippen molar-refractivity contribution in [3.8, 4) is 0 Å². The SMILES string of the molecule is CC(Nc1ccccc1CO)c1cccc(S(N)(=O)=O)c1. The molecule has 0 spiro atoms. The Morgan fingerprint density at radius 1 is 1.19 bits per heavy atom. The van der Waals surface area contributed by atoms with Crippen LogP contribution >= 0.6 is 0 Å². The predicted molar refractivity (Wildman–Crippen MR) is 82.2 cm³/mol. The van der Waals surface area contributed by atoms with Gasteiger partial charge in [-0.25, -0.2) is 13.6 Å². The van der Waals surface area contributed by atoms with Gasteiger partial charge in [-0.2, -0.15) is 0 Å². The standard InChI is InChI=1S/C15H18N2O3S/c1-11(17-15-8-3-2-5-13(15)10-18)12-6-4-7-14(9-12)21(16,19)20/h2-9,11,17-18H,10H2,1H3,(H2,16,19,20). The van der Waals surface area contributed by atoms with Crippen LogP contribution in [0.4, 0.5) is 5.69 Å². The summed E-state index contributed by atoms with van der Waals surface area (Å²) in [5, 5.41) is 17.7. The Bertz CT molecular complexity index is 729. The molecule has 4 N–H and O–H groups in total. The number of para-hydroxylation sites is 1. The summed E-state index contributed by atoms with van der Waals surface area (Å²) >= 11 is 0. The quantitative estimate of drug-likeness (QED) is 0.787. The number of sulfonamides is 1. The number of anilines is 1. The lowest BCUT2D eigenvalue weighted by molar-refractivity contribution is 0.282. The van der Waals surface area contributed by atoms with Gasteiger partial charge in [0, 0.05) is 17.3 Å². The third-order valence-corrected chi connectivity index (χ3v) is 4.16. The number of nitrogens with two attached hydrogens (primary N) is 1. The van der Waals surface area contributed by atoms with Crippen LogP contribution in [-0.2, 0) is 16.6 Å². The molecule has 0 saturated heterocycles. The number of primary sulfonamides is 1. The molecule has 112 valence electrons. The van der Waals surface area contributed by atoms with Crippen molar-refractivity contribution in [2.45, 2.75) is 24.5 Å². The van der Waals surface area contributed by atoms with Crippen LogP contribution in [0, 0.1) is 0 Å². The van der Waals surface area contributed by atoms with Gasteiger partial charge >= 0.3 is 0 Å². The molecule has 0 heterocycles. The highest BCUT2D eigenvalue weighted by Gasteiger charge is 2.12. The fraction of sp³-hybridized carbons (Fsp3) is 0.200. The summed E-state index contributed by atoms with van der Waals surface area (Å²) in [4.78, 5) is 0.0871. The van der Waals surface area contributed by atoms with Gasteiger partial charge in [-0.15, -0.1) is 0 Å². The number of hydrogen-bond donors (Lipinski definition) is 3. The van der Waals surface area contributed by atoms with E-state index in [0.717, 1.165) is 16.8 Å². The Balaban J connectivity index is 2.27. The lowest BCUT2D eigenvalue weighted by Crippen LogP contribution is -2.14. The van der Waals surface area contributed by atoms with Crippen molar-refractivity contribution in [1.82, 2.24) is 0 Å². The second-order valence-electron chi connectivity index (χ2n) is 4.80. The number of rotatable bonds is 5. The smallest absolute Gasteiger partial charge is 0.238 e. The highest BCUT2D eigenvalue weighted by Crippen LogP contribution is 2.23. The zero-order valence-electron chi connectivity index (χ0n) is 11.7. The predicted octanol–water partition coefficient (Wildman–Crippen LogP) is 2.00. The first-order valence-corrected chi connectivity index (χ1v) is 8.04. The molecule has 0 radical (unpaired) electrons. The van der Waals surface area contributed by atoms with Gasteiger partial charge in [-0.3, -0.25) is 0 Å². The van der Waals surface area contributed by atoms with Crippen LogP contribution < -0.4 is 10.5 Å². The Morgan fingerprint density at radius 2 is 1.90 bits per heavy atom. The van der Waals surface area contributed by atoms with E-state index in [0.29, 0.717) is 0 Å². The Morgan fingerprint density at radius 3 is 2.57 bits per heavy atom. The van der Waals surface area contributed by atoms with Crippen molar-refractivity contribution in [3.63, 3.8) is 0 Å². The monoisotopic (exact) mass is 306 g/mol. The highest BCUT2D eigenvalue weighted by molar-refractivity contribution is 7.89. The molecule has 1 atom stereocenters. The summed E-state index contributed by atoms with van der Waals surface area (Å²) in [6, 6.07) is 13.8.